The van der Waals surface area contributed by atoms with Gasteiger partial charge < -0.3 is 5.11 Å². The van der Waals surface area contributed by atoms with Crippen molar-refractivity contribution in [1.29, 1.82) is 0 Å². The Morgan fingerprint density at radius 1 is 1.36 bits per heavy atom. The molecule has 1 aromatic carbocycles. The summed E-state index contributed by atoms with van der Waals surface area (Å²) >= 11 is 0. The van der Waals surface area contributed by atoms with Crippen LogP contribution in [0, 0.1) is 18.7 Å². The third-order valence-corrected chi connectivity index (χ3v) is 3.00. The number of aliphatic hydroxyl groups is 1. The van der Waals surface area contributed by atoms with Crippen molar-refractivity contribution in [1.82, 2.24) is 0 Å². The lowest BCUT2D eigenvalue weighted by molar-refractivity contribution is 0.0327. The molecule has 0 unspecified atom stereocenters. The summed E-state index contributed by atoms with van der Waals surface area (Å²) in [4.78, 5) is 0. The van der Waals surface area contributed by atoms with E-state index >= 15 is 0 Å². The van der Waals surface area contributed by atoms with E-state index in [1.54, 1.807) is 6.92 Å². The van der Waals surface area contributed by atoms with Gasteiger partial charge in [0.2, 0.25) is 0 Å². The van der Waals surface area contributed by atoms with Gasteiger partial charge in [-0.1, -0.05) is 6.07 Å². The van der Waals surface area contributed by atoms with Gasteiger partial charge in [0.15, 0.2) is 0 Å². The number of rotatable bonds is 2. The largest absolute Gasteiger partial charge is 0.385 e. The predicted molar refractivity (Wildman–Crippen MR) is 53.4 cm³/mol. The van der Waals surface area contributed by atoms with Gasteiger partial charge >= 0.3 is 0 Å². The van der Waals surface area contributed by atoms with Gasteiger partial charge in [-0.25, -0.2) is 4.39 Å². The fraction of sp³-hybridized carbons (Fsp3) is 0.500. The van der Waals surface area contributed by atoms with Gasteiger partial charge in [-0.3, -0.25) is 0 Å². The number of benzene rings is 1. The summed E-state index contributed by atoms with van der Waals surface area (Å²) < 4.78 is 13.1. The van der Waals surface area contributed by atoms with Crippen molar-refractivity contribution in [2.75, 3.05) is 0 Å². The molecule has 1 saturated carbocycles. The van der Waals surface area contributed by atoms with E-state index in [9.17, 15) is 9.50 Å². The zero-order valence-corrected chi connectivity index (χ0v) is 8.55. The average Bonchev–Trinajstić information content (AvgIpc) is 2.83. The second-order valence-corrected chi connectivity index (χ2v) is 4.44. The molecule has 1 aliphatic rings. The van der Waals surface area contributed by atoms with Crippen LogP contribution < -0.4 is 0 Å². The molecule has 1 aromatic rings. The summed E-state index contributed by atoms with van der Waals surface area (Å²) in [5.41, 5.74) is 0.714. The van der Waals surface area contributed by atoms with Gasteiger partial charge in [-0.15, -0.1) is 0 Å². The van der Waals surface area contributed by atoms with E-state index in [0.29, 0.717) is 11.5 Å². The highest BCUT2D eigenvalue weighted by Crippen LogP contribution is 2.45. The lowest BCUT2D eigenvalue weighted by atomic mass is 9.90. The minimum atomic E-state index is -0.854. The molecule has 2 rings (SSSR count). The van der Waals surface area contributed by atoms with Gasteiger partial charge in [0.25, 0.3) is 0 Å². The number of aryl methyl sites for hydroxylation is 1. The van der Waals surface area contributed by atoms with Gasteiger partial charge in [-0.05, 0) is 55.9 Å². The monoisotopic (exact) mass is 194 g/mol. The maximum Gasteiger partial charge on any atom is 0.123 e. The Labute approximate surface area is 83.6 Å². The third-order valence-electron chi connectivity index (χ3n) is 3.00. The molecular weight excluding hydrogens is 179 g/mol. The quantitative estimate of drug-likeness (QED) is 0.767. The zero-order valence-electron chi connectivity index (χ0n) is 8.55. The summed E-state index contributed by atoms with van der Waals surface area (Å²) in [6, 6.07) is 4.78. The van der Waals surface area contributed by atoms with Crippen molar-refractivity contribution < 1.29 is 9.50 Å². The molecule has 76 valence electrons. The molecule has 1 N–H and O–H groups in total. The molecular formula is C12H15FO. The van der Waals surface area contributed by atoms with E-state index < -0.39 is 5.60 Å². The Kier molecular flexibility index (Phi) is 2.11. The van der Waals surface area contributed by atoms with Crippen LogP contribution in [0.4, 0.5) is 4.39 Å². The van der Waals surface area contributed by atoms with Crippen molar-refractivity contribution in [2.24, 2.45) is 5.92 Å². The second kappa shape index (κ2) is 3.06. The number of halogens is 1. The van der Waals surface area contributed by atoms with Crippen LogP contribution in [0.1, 0.15) is 30.9 Å². The summed E-state index contributed by atoms with van der Waals surface area (Å²) in [5, 5.41) is 10.2. The molecule has 0 bridgehead atoms. The van der Waals surface area contributed by atoms with E-state index in [4.69, 9.17) is 0 Å². The van der Waals surface area contributed by atoms with Gasteiger partial charge in [0.05, 0.1) is 5.60 Å². The molecule has 0 saturated heterocycles. The molecule has 1 aliphatic carbocycles. The Balaban J connectivity index is 2.39. The topological polar surface area (TPSA) is 20.2 Å². The molecule has 0 spiro atoms. The van der Waals surface area contributed by atoms with Crippen LogP contribution in [0.15, 0.2) is 18.2 Å². The lowest BCUT2D eigenvalue weighted by Crippen LogP contribution is -2.24. The van der Waals surface area contributed by atoms with Crippen LogP contribution in [0.5, 0.6) is 0 Å². The molecule has 14 heavy (non-hydrogen) atoms. The smallest absolute Gasteiger partial charge is 0.123 e. The van der Waals surface area contributed by atoms with Crippen LogP contribution >= 0.6 is 0 Å². The molecule has 0 amide bonds. The fourth-order valence-corrected chi connectivity index (χ4v) is 1.91. The van der Waals surface area contributed by atoms with Crippen LogP contribution in [-0.4, -0.2) is 5.11 Å². The first kappa shape index (κ1) is 9.66. The first-order valence-corrected chi connectivity index (χ1v) is 5.00. The number of hydrogen-bond donors (Lipinski definition) is 1. The SMILES string of the molecule is Cc1cc(F)cc([C@@](C)(O)C2CC2)c1. The van der Waals surface area contributed by atoms with Crippen LogP contribution in [0.3, 0.4) is 0 Å². The van der Waals surface area contributed by atoms with Crippen LogP contribution in [0.2, 0.25) is 0 Å². The van der Waals surface area contributed by atoms with Gasteiger partial charge in [0, 0.05) is 0 Å². The van der Waals surface area contributed by atoms with E-state index in [1.165, 1.54) is 12.1 Å². The standard InChI is InChI=1S/C12H15FO/c1-8-5-10(7-11(13)6-8)12(2,14)9-3-4-9/h5-7,9,14H,3-4H2,1-2H3/t12-/m0/s1. The molecule has 1 fully saturated rings. The summed E-state index contributed by atoms with van der Waals surface area (Å²) in [5.74, 6) is 0.0459. The Morgan fingerprint density at radius 2 is 2.00 bits per heavy atom. The summed E-state index contributed by atoms with van der Waals surface area (Å²) in [6.07, 6.45) is 2.09. The molecule has 0 aliphatic heterocycles. The molecule has 1 atom stereocenters. The molecule has 0 heterocycles. The first-order chi connectivity index (χ1) is 6.50. The minimum Gasteiger partial charge on any atom is -0.385 e. The molecule has 0 radical (unpaired) electrons. The van der Waals surface area contributed by atoms with Gasteiger partial charge in [-0.2, -0.15) is 0 Å². The summed E-state index contributed by atoms with van der Waals surface area (Å²) in [7, 11) is 0. The molecule has 2 heteroatoms. The fourth-order valence-electron chi connectivity index (χ4n) is 1.91. The molecule has 1 nitrogen and oxygen atoms in total. The van der Waals surface area contributed by atoms with Gasteiger partial charge in [0.1, 0.15) is 5.82 Å². The minimum absolute atomic E-state index is 0.263. The highest BCUT2D eigenvalue weighted by Gasteiger charge is 2.41. The Hall–Kier alpha value is -0.890. The van der Waals surface area contributed by atoms with Crippen LogP contribution in [-0.2, 0) is 5.60 Å². The van der Waals surface area contributed by atoms with E-state index in [2.05, 4.69) is 0 Å². The average molecular weight is 194 g/mol. The third kappa shape index (κ3) is 1.67. The van der Waals surface area contributed by atoms with E-state index in [0.717, 1.165) is 18.4 Å². The highest BCUT2D eigenvalue weighted by atomic mass is 19.1. The van der Waals surface area contributed by atoms with Crippen molar-refractivity contribution >= 4 is 0 Å². The predicted octanol–water partition coefficient (Wildman–Crippen LogP) is 2.75. The van der Waals surface area contributed by atoms with Crippen LogP contribution in [0.25, 0.3) is 0 Å². The normalized spacial score (nSPS) is 20.6. The zero-order chi connectivity index (χ0) is 10.3. The van der Waals surface area contributed by atoms with E-state index in [1.807, 2.05) is 13.0 Å². The Bertz CT molecular complexity index is 333. The first-order valence-electron chi connectivity index (χ1n) is 5.00. The van der Waals surface area contributed by atoms with Crippen molar-refractivity contribution in [3.63, 3.8) is 0 Å². The van der Waals surface area contributed by atoms with Crippen molar-refractivity contribution in [3.8, 4) is 0 Å². The maximum absolute atomic E-state index is 13.1. The highest BCUT2D eigenvalue weighted by molar-refractivity contribution is 5.29. The lowest BCUT2D eigenvalue weighted by Gasteiger charge is -2.24. The maximum atomic E-state index is 13.1. The second-order valence-electron chi connectivity index (χ2n) is 4.44. The van der Waals surface area contributed by atoms with E-state index in [-0.39, 0.29) is 5.82 Å². The molecule has 0 aromatic heterocycles. The van der Waals surface area contributed by atoms with Crippen molar-refractivity contribution in [3.05, 3.63) is 35.1 Å². The Morgan fingerprint density at radius 3 is 2.50 bits per heavy atom. The summed E-state index contributed by atoms with van der Waals surface area (Å²) in [6.45, 7) is 3.62. The number of hydrogen-bond acceptors (Lipinski definition) is 1. The van der Waals surface area contributed by atoms with Crippen molar-refractivity contribution in [2.45, 2.75) is 32.3 Å².